The minimum Gasteiger partial charge on any atom is -0.374 e. The first-order valence-electron chi connectivity index (χ1n) is 19.7. The number of hydrogen-bond donors (Lipinski definition) is 0. The van der Waals surface area contributed by atoms with Gasteiger partial charge in [-0.05, 0) is 44.6 Å². The van der Waals surface area contributed by atoms with Crippen molar-refractivity contribution in [2.75, 3.05) is 0 Å². The standard InChI is InChI=1S/C38H69O2PS/c42-41-36-30-24-18-10-6-2-1-4-8-14-20-26-32(36)39-34-28-22-16-12-13-17-23-29-35(38(34)41)40-33-27-21-15-9-5-3-7-11-19-25-31-37(33)41/h32-38H,1-31H2. The molecule has 4 heteroatoms. The van der Waals surface area contributed by atoms with Gasteiger partial charge in [0.2, 0.25) is 0 Å². The van der Waals surface area contributed by atoms with Crippen LogP contribution in [0.2, 0.25) is 0 Å². The molecular weight excluding hydrogens is 551 g/mol. The molecule has 5 aliphatic rings. The van der Waals surface area contributed by atoms with E-state index in [1.54, 1.807) is 0 Å². The lowest BCUT2D eigenvalue weighted by molar-refractivity contribution is -0.0998. The molecule has 0 amide bonds. The second kappa shape index (κ2) is 18.6. The molecule has 0 N–H and O–H groups in total. The fourth-order valence-electron chi connectivity index (χ4n) is 9.98. The van der Waals surface area contributed by atoms with Gasteiger partial charge in [-0.15, -0.1) is 0 Å². The molecule has 42 heavy (non-hydrogen) atoms. The van der Waals surface area contributed by atoms with Crippen LogP contribution < -0.4 is 0 Å². The van der Waals surface area contributed by atoms with Crippen LogP contribution in [-0.4, -0.2) is 41.4 Å². The number of fused-ring (bicyclic) bond motifs is 4. The van der Waals surface area contributed by atoms with E-state index >= 15 is 0 Å². The van der Waals surface area contributed by atoms with E-state index in [0.717, 1.165) is 0 Å². The Balaban J connectivity index is 1.48. The van der Waals surface area contributed by atoms with Crippen molar-refractivity contribution in [3.05, 3.63) is 0 Å². The Hall–Kier alpha value is 0.570. The maximum Gasteiger partial charge on any atom is 0.0679 e. The maximum atomic E-state index is 7.51. The third kappa shape index (κ3) is 9.32. The third-order valence-electron chi connectivity index (χ3n) is 12.3. The van der Waals surface area contributed by atoms with Gasteiger partial charge < -0.3 is 9.47 Å². The first-order valence-corrected chi connectivity index (χ1v) is 22.7. The van der Waals surface area contributed by atoms with Crippen LogP contribution in [0, 0.1) is 0 Å². The average Bonchev–Trinajstić information content (AvgIpc) is 3.00. The van der Waals surface area contributed by atoms with Crippen molar-refractivity contribution in [2.24, 2.45) is 0 Å². The van der Waals surface area contributed by atoms with Crippen molar-refractivity contribution in [3.63, 3.8) is 0 Å². The molecule has 0 spiro atoms. The summed E-state index contributed by atoms with van der Waals surface area (Å²) in [5, 5.41) is 0. The molecule has 244 valence electrons. The van der Waals surface area contributed by atoms with Gasteiger partial charge in [-0.3, -0.25) is 0 Å². The lowest BCUT2D eigenvalue weighted by Gasteiger charge is -2.60. The van der Waals surface area contributed by atoms with Crippen LogP contribution in [0.15, 0.2) is 0 Å². The van der Waals surface area contributed by atoms with Crippen molar-refractivity contribution in [1.82, 2.24) is 0 Å². The zero-order valence-corrected chi connectivity index (χ0v) is 29.3. The number of hydrogen-bond acceptors (Lipinski definition) is 3. The van der Waals surface area contributed by atoms with Crippen LogP contribution in [0.4, 0.5) is 0 Å². The van der Waals surface area contributed by atoms with Crippen molar-refractivity contribution in [3.8, 4) is 0 Å². The lowest BCUT2D eigenvalue weighted by atomic mass is 9.96. The van der Waals surface area contributed by atoms with E-state index in [9.17, 15) is 0 Å². The molecule has 2 saturated heterocycles. The monoisotopic (exact) mass is 620 g/mol. The van der Waals surface area contributed by atoms with E-state index in [2.05, 4.69) is 0 Å². The zero-order chi connectivity index (χ0) is 28.9. The normalized spacial score (nSPS) is 41.5. The second-order valence-electron chi connectivity index (χ2n) is 15.4. The topological polar surface area (TPSA) is 18.5 Å². The maximum absolute atomic E-state index is 7.51. The number of rotatable bonds is 0. The highest BCUT2D eigenvalue weighted by Crippen LogP contribution is 2.72. The molecule has 2 heterocycles. The van der Waals surface area contributed by atoms with Gasteiger partial charge in [0.25, 0.3) is 0 Å². The van der Waals surface area contributed by atoms with Gasteiger partial charge in [0, 0.05) is 17.0 Å². The van der Waals surface area contributed by atoms with Crippen LogP contribution in [-0.2, 0) is 21.3 Å². The highest BCUT2D eigenvalue weighted by atomic mass is 32.4. The highest BCUT2D eigenvalue weighted by molar-refractivity contribution is 8.15. The summed E-state index contributed by atoms with van der Waals surface area (Å²) in [6.45, 7) is 0. The van der Waals surface area contributed by atoms with Crippen molar-refractivity contribution in [1.29, 1.82) is 0 Å². The molecule has 0 radical (unpaired) electrons. The van der Waals surface area contributed by atoms with Crippen LogP contribution in [0.3, 0.4) is 0 Å². The Labute approximate surface area is 267 Å². The zero-order valence-electron chi connectivity index (χ0n) is 27.6. The van der Waals surface area contributed by atoms with Crippen LogP contribution in [0.5, 0.6) is 0 Å². The van der Waals surface area contributed by atoms with Gasteiger partial charge in [0.05, 0.1) is 24.4 Å². The van der Waals surface area contributed by atoms with Gasteiger partial charge in [-0.25, -0.2) is 0 Å². The predicted octanol–water partition coefficient (Wildman–Crippen LogP) is 12.2. The largest absolute Gasteiger partial charge is 0.374 e. The highest BCUT2D eigenvalue weighted by Gasteiger charge is 2.59. The van der Waals surface area contributed by atoms with E-state index in [0.29, 0.717) is 41.4 Å². The molecule has 0 aromatic rings. The Morgan fingerprint density at radius 1 is 0.310 bits per heavy atom. The summed E-state index contributed by atoms with van der Waals surface area (Å²) < 4.78 is 14.9. The Morgan fingerprint density at radius 2 is 0.548 bits per heavy atom. The fourth-order valence-corrected chi connectivity index (χ4v) is 17.7. The van der Waals surface area contributed by atoms with Gasteiger partial charge in [0.1, 0.15) is 0 Å². The molecule has 2 nitrogen and oxygen atoms in total. The van der Waals surface area contributed by atoms with Crippen molar-refractivity contribution >= 4 is 17.8 Å². The molecule has 2 aliphatic heterocycles. The lowest BCUT2D eigenvalue weighted by Crippen LogP contribution is -2.59. The molecule has 0 aromatic heterocycles. The van der Waals surface area contributed by atoms with E-state index in [-0.39, 0.29) is 0 Å². The van der Waals surface area contributed by atoms with Gasteiger partial charge in [-0.2, -0.15) is 0 Å². The summed E-state index contributed by atoms with van der Waals surface area (Å²) in [4.78, 5) is 0. The minimum atomic E-state index is -1.71. The van der Waals surface area contributed by atoms with Gasteiger partial charge in [-0.1, -0.05) is 172 Å². The van der Waals surface area contributed by atoms with Crippen molar-refractivity contribution in [2.45, 2.75) is 240 Å². The van der Waals surface area contributed by atoms with Gasteiger partial charge in [0.15, 0.2) is 0 Å². The Kier molecular flexibility index (Phi) is 15.1. The molecule has 0 bridgehead atoms. The molecule has 0 aromatic carbocycles. The van der Waals surface area contributed by atoms with E-state index in [4.69, 9.17) is 21.3 Å². The first kappa shape index (κ1) is 33.9. The third-order valence-corrected chi connectivity index (χ3v) is 19.5. The molecule has 3 aliphatic carbocycles. The van der Waals surface area contributed by atoms with Crippen LogP contribution in [0.1, 0.15) is 199 Å². The summed E-state index contributed by atoms with van der Waals surface area (Å²) in [5.74, 6) is 0. The van der Waals surface area contributed by atoms with E-state index < -0.39 is 6.04 Å². The van der Waals surface area contributed by atoms with E-state index in [1.165, 1.54) is 199 Å². The smallest absolute Gasteiger partial charge is 0.0679 e. The fraction of sp³-hybridized carbons (Fsp3) is 1.00. The summed E-state index contributed by atoms with van der Waals surface area (Å²) in [7, 11) is 0. The molecule has 8 unspecified atom stereocenters. The quantitative estimate of drug-likeness (QED) is 0.251. The Morgan fingerprint density at radius 3 is 0.857 bits per heavy atom. The minimum absolute atomic E-state index is 0.379. The number of ether oxygens (including phenoxy) is 2. The van der Waals surface area contributed by atoms with Crippen molar-refractivity contribution < 1.29 is 9.47 Å². The van der Waals surface area contributed by atoms with Gasteiger partial charge >= 0.3 is 0 Å². The summed E-state index contributed by atoms with van der Waals surface area (Å²) >= 11 is 7.51. The molecule has 5 fully saturated rings. The predicted molar refractivity (Wildman–Crippen MR) is 186 cm³/mol. The van der Waals surface area contributed by atoms with E-state index in [1.807, 2.05) is 0 Å². The summed E-state index contributed by atoms with van der Waals surface area (Å²) in [6.07, 6.45) is 44.8. The summed E-state index contributed by atoms with van der Waals surface area (Å²) in [5.41, 5.74) is 1.87. The molecule has 8 atom stereocenters. The van der Waals surface area contributed by atoms with Crippen LogP contribution >= 0.6 is 6.04 Å². The average molecular weight is 621 g/mol. The molecular formula is C38H69O2PS. The molecule has 5 rings (SSSR count). The van der Waals surface area contributed by atoms with Crippen LogP contribution in [0.25, 0.3) is 0 Å². The SMILES string of the molecule is S=P12C3CCCCCCCCCCCCC3OC3CCCCCCCCC(OC4CCCCCCCCCCCC41)C32. The first-order chi connectivity index (χ1) is 20.8. The Bertz CT molecular complexity index is 787. The molecule has 3 saturated carbocycles. The summed E-state index contributed by atoms with van der Waals surface area (Å²) in [6, 6.07) is -1.71. The second-order valence-corrected chi connectivity index (χ2v) is 20.7.